The van der Waals surface area contributed by atoms with Crippen LogP contribution < -0.4 is 57.3 Å². The van der Waals surface area contributed by atoms with Crippen molar-refractivity contribution < 1.29 is 202 Å². The smallest absolute Gasteiger partial charge is 0.428 e. The number of nitrogens with two attached hydrogens (primary N) is 10. The predicted octanol–water partition coefficient (Wildman–Crippen LogP) is -11.5. The van der Waals surface area contributed by atoms with Gasteiger partial charge in [-0.2, -0.15) is 0 Å². The van der Waals surface area contributed by atoms with E-state index < -0.39 is 347 Å². The molecule has 13 fully saturated rings. The Morgan fingerprint density at radius 1 is 0.386 bits per heavy atom. The van der Waals surface area contributed by atoms with Gasteiger partial charge in [0.05, 0.1) is 103 Å². The molecule has 5 unspecified atom stereocenters. The maximum atomic E-state index is 12.4. The third kappa shape index (κ3) is 25.3. The van der Waals surface area contributed by atoms with Crippen molar-refractivity contribution in [3.05, 3.63) is 64.2 Å². The van der Waals surface area contributed by atoms with E-state index in [1.807, 2.05) is 38.2 Å². The number of hydrogen-bond acceptors (Lipinski definition) is 52. The number of aliphatic hydroxyl groups is 18. The molecular formula is C90H147N13O42. The zero-order valence-electron chi connectivity index (χ0n) is 81.2. The highest BCUT2D eigenvalue weighted by Gasteiger charge is 2.64. The minimum atomic E-state index is -1.48. The average Bonchev–Trinajstić information content (AvgIpc) is 1.57. The van der Waals surface area contributed by atoms with Gasteiger partial charge in [-0.05, 0) is 113 Å². The van der Waals surface area contributed by atoms with Crippen LogP contribution in [0.2, 0.25) is 0 Å². The summed E-state index contributed by atoms with van der Waals surface area (Å²) in [5.74, 6) is -4.67. The maximum Gasteiger partial charge on any atom is 0.534 e. The van der Waals surface area contributed by atoms with Crippen molar-refractivity contribution in [3.8, 4) is 0 Å². The summed E-state index contributed by atoms with van der Waals surface area (Å²) in [5, 5.41) is 196. The van der Waals surface area contributed by atoms with Crippen LogP contribution in [0.1, 0.15) is 106 Å². The number of rotatable bonds is 23. The lowest BCUT2D eigenvalue weighted by Crippen LogP contribution is -2.69. The van der Waals surface area contributed by atoms with Crippen LogP contribution in [0.4, 0.5) is 15.3 Å². The van der Waals surface area contributed by atoms with Gasteiger partial charge >= 0.3 is 12.3 Å². The summed E-state index contributed by atoms with van der Waals surface area (Å²) in [6, 6.07) is -2.83. The van der Waals surface area contributed by atoms with Crippen LogP contribution in [0, 0.1) is 75.2 Å². The Balaban J connectivity index is 0.000000163. The van der Waals surface area contributed by atoms with Crippen LogP contribution in [0.15, 0.2) is 48.6 Å². The van der Waals surface area contributed by atoms with Gasteiger partial charge in [-0.3, -0.25) is 39.0 Å². The molecule has 7 aliphatic carbocycles. The number of nitro groups is 1. The lowest BCUT2D eigenvalue weighted by Gasteiger charge is -2.48. The molecule has 8 saturated heterocycles. The molecule has 4 bridgehead atoms. The number of fused-ring (bicyclic) bond motifs is 10. The fraction of sp³-hybridized carbons (Fsp3) is 0.822. The molecule has 8 aliphatic heterocycles. The molecule has 4 amide bonds. The number of carbonyl (C=O) groups is 6. The monoisotopic (exact) mass is 2080 g/mol. The van der Waals surface area contributed by atoms with Crippen molar-refractivity contribution in [1.29, 1.82) is 0 Å². The molecule has 8 heterocycles. The molecule has 53 atom stereocenters. The fourth-order valence-corrected chi connectivity index (χ4v) is 21.4. The highest BCUT2D eigenvalue weighted by Crippen LogP contribution is 2.55. The standard InChI is InChI=1S/C21H40N2O10.C20H39N3O10.C18H37N5O10.C17H14N2O7.C14H17NO5/c1-4-10-15(27)13(25)8(3)20(30-10)32-18-7(2)5-9(22)19(17(18)29)33-21-16(28)12(23)14(26)11(6-24)31-21;1-3-9-14(27)12(25)6(2)19(30-9)32-17-7(21)4-8(22)18(16(17)29)33-20-15(28)11(23)13(26)10(5-24)31-20;19-2-6-11(26)12(27)9(23)17(30-6)32-15-4(20)1-5(21)16(14(15)29)33-18-13(28)8(22)10(25)7(3-24)31-18;20-15-13-10-3-4-11(7-10)14(13)16(21)18(15)26-17(22)25-8-9-1-5-12(6-2-9)19(23)24;1-14(2,3)19-13(18)20-15-11(16)9-7-4-5-8(6-7)10(9)12(15)17/h7-21,24-29H,4-6,22-23H2,1-3H3;6-20,24-29H,3-5,21-23H2,1-2H3;4-18,24-29H,1-3,19-23H2;1-6,10-11,13-14H,7-8H2;4-5,7-10H,6H2,1-3H3/t7-,8+,9+,10+,11+,12-,13+,14+,15+,16+,17-,18?,19-,20+,21+;6-,7+,8-,9-,10-,11+,12-,13-,14-,15-,16+,17?,18+,19-,20-;4-,5+,6+,7+,8-,9+,10+,11+,12+,13+,14-,15?,16-,17+,18+;10-,11?,13+,14-;7-,8?,9+,10-/m01000/s1. The SMILES string of the molecule is CC(C)(C)OC(=O)ON1C(=O)[C@@H]2[C@H]3C=CC(C3)[C@@H]2C1=O.CC[C@H]1O[C@H](OC2[C@@H](C)C[C@@H](N)[C@H](O[C@H]3O[C@H](CO)[C@@H](O)[C@H](N)[C@H]3O)[C@H]2O)[C@H](C)[C@@H](O)[C@@H]1O.CC[C@H]1O[C@H](OC2[C@@H](N)C[C@@H](N)[C@H](O[C@H]3O[C@H](CO)[C@@H](O)[C@H](N)[C@H]3O)[C@H]2O)[C@H](C)[C@@H](O)[C@@H]1O.NC[C@H]1O[C@H](OC2[C@@H](N)C[C@@H](N)[C@H](O[C@H]3O[C@H](CO)[C@@H](O)[C@H](N)[C@H]3O)[C@H]2O)[C@H](N)[C@@H](O)[C@@H]1O.O=C(OCc1ccc([N+](=O)[O-])cc1)ON1C(=O)[C@@H]2[C@H]3C=CC(C3)[C@@H]2C1=O. The first kappa shape index (κ1) is 117. The molecule has 38 N–H and O–H groups in total. The highest BCUT2D eigenvalue weighted by atomic mass is 16.8. The molecule has 0 radical (unpaired) electrons. The lowest BCUT2D eigenvalue weighted by atomic mass is 9.80. The number of benzene rings is 1. The Bertz CT molecular complexity index is 4050. The molecule has 0 aromatic heterocycles. The number of allylic oxidation sites excluding steroid dienone is 4. The minimum Gasteiger partial charge on any atom is -0.428 e. The van der Waals surface area contributed by atoms with Gasteiger partial charge in [0.15, 0.2) is 37.7 Å². The molecule has 1 aromatic rings. The summed E-state index contributed by atoms with van der Waals surface area (Å²) in [7, 11) is 0. The third-order valence-electron chi connectivity index (χ3n) is 29.9. The van der Waals surface area contributed by atoms with Gasteiger partial charge in [0.25, 0.3) is 29.3 Å². The van der Waals surface area contributed by atoms with E-state index in [-0.39, 0.29) is 73.1 Å². The molecule has 5 saturated carbocycles. The average molecular weight is 2080 g/mol. The maximum absolute atomic E-state index is 12.4. The van der Waals surface area contributed by atoms with Gasteiger partial charge in [0.1, 0.15) is 146 Å². The third-order valence-corrected chi connectivity index (χ3v) is 29.9. The first-order chi connectivity index (χ1) is 68.3. The van der Waals surface area contributed by atoms with Crippen LogP contribution in [0.25, 0.3) is 0 Å². The largest absolute Gasteiger partial charge is 0.534 e. The summed E-state index contributed by atoms with van der Waals surface area (Å²) in [5.41, 5.74) is 59.5. The zero-order valence-corrected chi connectivity index (χ0v) is 81.2. The summed E-state index contributed by atoms with van der Waals surface area (Å²) < 4.78 is 78.6. The zero-order chi connectivity index (χ0) is 107. The number of amides is 4. The first-order valence-electron chi connectivity index (χ1n) is 48.8. The summed E-state index contributed by atoms with van der Waals surface area (Å²) >= 11 is 0. The molecule has 15 aliphatic rings. The van der Waals surface area contributed by atoms with Gasteiger partial charge in [-0.25, -0.2) is 9.59 Å². The number of hydroxylamine groups is 4. The molecular weight excluding hydrogens is 1940 g/mol. The van der Waals surface area contributed by atoms with E-state index in [0.717, 1.165) is 12.8 Å². The molecule has 55 heteroatoms. The number of hydrogen-bond donors (Lipinski definition) is 28. The molecule has 145 heavy (non-hydrogen) atoms. The Morgan fingerprint density at radius 2 is 0.690 bits per heavy atom. The second-order valence-corrected chi connectivity index (χ2v) is 40.9. The van der Waals surface area contributed by atoms with Gasteiger partial charge < -0.3 is 216 Å². The normalized spacial score (nSPS) is 46.6. The van der Waals surface area contributed by atoms with Crippen LogP contribution >= 0.6 is 0 Å². The number of non-ortho nitro benzene ring substituents is 1. The van der Waals surface area contributed by atoms with E-state index in [1.165, 1.54) is 24.3 Å². The quantitative estimate of drug-likeness (QED) is 0.0159. The summed E-state index contributed by atoms with van der Waals surface area (Å²) in [6.07, 6.45) is -29.2. The predicted molar refractivity (Wildman–Crippen MR) is 486 cm³/mol. The van der Waals surface area contributed by atoms with Crippen molar-refractivity contribution >= 4 is 41.6 Å². The number of carbonyl (C=O) groups excluding carboxylic acids is 6. The van der Waals surface area contributed by atoms with Crippen molar-refractivity contribution in [2.24, 2.45) is 122 Å². The van der Waals surface area contributed by atoms with E-state index in [1.54, 1.807) is 41.5 Å². The summed E-state index contributed by atoms with van der Waals surface area (Å²) in [4.78, 5) is 92.3. The van der Waals surface area contributed by atoms with Gasteiger partial charge in [-0.15, -0.1) is 0 Å². The van der Waals surface area contributed by atoms with Crippen LogP contribution in [-0.2, 0) is 102 Å². The van der Waals surface area contributed by atoms with E-state index in [4.69, 9.17) is 133 Å². The van der Waals surface area contributed by atoms with Crippen molar-refractivity contribution in [1.82, 2.24) is 10.1 Å². The number of aliphatic hydroxyl groups excluding tert-OH is 18. The lowest BCUT2D eigenvalue weighted by molar-refractivity contribution is -0.384. The van der Waals surface area contributed by atoms with Crippen molar-refractivity contribution in [2.45, 2.75) is 369 Å². The molecule has 55 nitrogen and oxygen atoms in total. The Labute approximate surface area is 832 Å². The van der Waals surface area contributed by atoms with E-state index in [9.17, 15) is 131 Å². The second kappa shape index (κ2) is 49.4. The molecule has 0 spiro atoms. The number of ether oxygens (including phenoxy) is 14. The summed E-state index contributed by atoms with van der Waals surface area (Å²) in [6.45, 7) is 11.9. The second-order valence-electron chi connectivity index (χ2n) is 40.9. The molecule has 824 valence electrons. The minimum absolute atomic E-state index is 0.0196. The van der Waals surface area contributed by atoms with E-state index >= 15 is 0 Å². The van der Waals surface area contributed by atoms with Crippen LogP contribution in [0.5, 0.6) is 0 Å². The van der Waals surface area contributed by atoms with Crippen molar-refractivity contribution in [2.75, 3.05) is 26.4 Å². The Morgan fingerprint density at radius 3 is 1.02 bits per heavy atom. The number of nitro benzene ring substituents is 1. The number of nitrogens with zero attached hydrogens (tertiary/aromatic N) is 3. The van der Waals surface area contributed by atoms with Crippen LogP contribution in [0.3, 0.4) is 0 Å². The highest BCUT2D eigenvalue weighted by molar-refractivity contribution is 6.06. The number of imide groups is 2. The van der Waals surface area contributed by atoms with E-state index in [0.29, 0.717) is 35.0 Å². The van der Waals surface area contributed by atoms with Crippen molar-refractivity contribution in [3.63, 3.8) is 0 Å². The molecule has 16 rings (SSSR count). The van der Waals surface area contributed by atoms with Crippen LogP contribution in [-0.4, -0.2) is 432 Å². The molecule has 1 aromatic carbocycles. The van der Waals surface area contributed by atoms with Gasteiger partial charge in [0, 0.05) is 60.7 Å². The van der Waals surface area contributed by atoms with Gasteiger partial charge in [0.2, 0.25) is 0 Å². The van der Waals surface area contributed by atoms with Gasteiger partial charge in [-0.1, -0.05) is 69.0 Å². The first-order valence-corrected chi connectivity index (χ1v) is 48.8. The van der Waals surface area contributed by atoms with E-state index in [2.05, 4.69) is 0 Å². The Kier molecular flexibility index (Phi) is 39.8. The Hall–Kier alpha value is -6.68. The topological polar surface area (TPSA) is 924 Å². The fourth-order valence-electron chi connectivity index (χ4n) is 21.4.